The Labute approximate surface area is 94.0 Å². The lowest BCUT2D eigenvalue weighted by Crippen LogP contribution is -2.19. The lowest BCUT2D eigenvalue weighted by atomic mass is 10.2. The van der Waals surface area contributed by atoms with Gasteiger partial charge in [0, 0.05) is 18.8 Å². The van der Waals surface area contributed by atoms with E-state index in [0.717, 1.165) is 12.0 Å². The molecular formula is C13H24O2. The molecule has 0 aromatic rings. The lowest BCUT2D eigenvalue weighted by molar-refractivity contribution is -0.109. The molecule has 0 aromatic heterocycles. The molecule has 15 heavy (non-hydrogen) atoms. The van der Waals surface area contributed by atoms with E-state index in [1.807, 2.05) is 26.8 Å². The van der Waals surface area contributed by atoms with Gasteiger partial charge in [0.2, 0.25) is 0 Å². The summed E-state index contributed by atoms with van der Waals surface area (Å²) in [6.45, 7) is 9.48. The third-order valence-corrected chi connectivity index (χ3v) is 2.01. The van der Waals surface area contributed by atoms with Crippen LogP contribution in [0.1, 0.15) is 40.5 Å². The van der Waals surface area contributed by atoms with Gasteiger partial charge in [-0.15, -0.1) is 0 Å². The lowest BCUT2D eigenvalue weighted by Gasteiger charge is -2.17. The second-order valence-electron chi connectivity index (χ2n) is 3.22. The van der Waals surface area contributed by atoms with Gasteiger partial charge in [-0.25, -0.2) is 0 Å². The Hall–Kier alpha value is -0.600. The van der Waals surface area contributed by atoms with E-state index in [-0.39, 0.29) is 6.29 Å². The Balaban J connectivity index is 4.31. The second-order valence-corrected chi connectivity index (χ2v) is 3.22. The molecule has 0 heterocycles. The van der Waals surface area contributed by atoms with Crippen molar-refractivity contribution in [2.45, 2.75) is 46.8 Å². The van der Waals surface area contributed by atoms with E-state index < -0.39 is 0 Å². The minimum absolute atomic E-state index is 0.210. The Morgan fingerprint density at radius 2 is 1.73 bits per heavy atom. The van der Waals surface area contributed by atoms with Crippen molar-refractivity contribution in [3.63, 3.8) is 0 Å². The molecule has 0 aliphatic carbocycles. The van der Waals surface area contributed by atoms with Crippen LogP contribution in [0, 0.1) is 0 Å². The standard InChI is InChI=1S/C13H24O2/c1-5-9-10-11-12(6-2)13(14-7-3)15-8-4/h6,10-11,13H,5,7-9H2,1-4H3. The van der Waals surface area contributed by atoms with Gasteiger partial charge in [0.25, 0.3) is 0 Å². The van der Waals surface area contributed by atoms with Crippen molar-refractivity contribution in [3.8, 4) is 0 Å². The summed E-state index contributed by atoms with van der Waals surface area (Å²) in [5, 5.41) is 0. The van der Waals surface area contributed by atoms with Crippen LogP contribution in [0.25, 0.3) is 0 Å². The molecule has 0 aromatic carbocycles. The van der Waals surface area contributed by atoms with E-state index >= 15 is 0 Å². The Bertz CT molecular complexity index is 189. The van der Waals surface area contributed by atoms with Crippen molar-refractivity contribution in [2.24, 2.45) is 0 Å². The number of rotatable bonds is 8. The van der Waals surface area contributed by atoms with Gasteiger partial charge in [0.05, 0.1) is 0 Å². The molecule has 0 spiro atoms. The number of allylic oxidation sites excluding steroid dienone is 2. The largest absolute Gasteiger partial charge is 0.349 e. The van der Waals surface area contributed by atoms with E-state index in [4.69, 9.17) is 9.47 Å². The monoisotopic (exact) mass is 212 g/mol. The van der Waals surface area contributed by atoms with E-state index in [9.17, 15) is 0 Å². The summed E-state index contributed by atoms with van der Waals surface area (Å²) < 4.78 is 11.0. The van der Waals surface area contributed by atoms with Gasteiger partial charge >= 0.3 is 0 Å². The minimum atomic E-state index is -0.210. The topological polar surface area (TPSA) is 18.5 Å². The van der Waals surface area contributed by atoms with Crippen molar-refractivity contribution in [2.75, 3.05) is 13.2 Å². The molecule has 0 saturated heterocycles. The van der Waals surface area contributed by atoms with Gasteiger partial charge in [-0.1, -0.05) is 31.6 Å². The Kier molecular flexibility index (Phi) is 9.54. The van der Waals surface area contributed by atoms with E-state index in [2.05, 4.69) is 19.1 Å². The first-order valence-corrected chi connectivity index (χ1v) is 5.86. The molecule has 0 rings (SSSR count). The molecular weight excluding hydrogens is 188 g/mol. The van der Waals surface area contributed by atoms with Gasteiger partial charge in [0.15, 0.2) is 6.29 Å². The molecule has 0 bridgehead atoms. The van der Waals surface area contributed by atoms with Crippen molar-refractivity contribution in [1.29, 1.82) is 0 Å². The van der Waals surface area contributed by atoms with Crippen LogP contribution >= 0.6 is 0 Å². The predicted molar refractivity (Wildman–Crippen MR) is 64.8 cm³/mol. The highest BCUT2D eigenvalue weighted by Gasteiger charge is 2.10. The second kappa shape index (κ2) is 9.94. The van der Waals surface area contributed by atoms with E-state index in [1.165, 1.54) is 6.42 Å². The zero-order valence-electron chi connectivity index (χ0n) is 10.5. The zero-order valence-corrected chi connectivity index (χ0v) is 10.5. The van der Waals surface area contributed by atoms with Gasteiger partial charge in [-0.2, -0.15) is 0 Å². The van der Waals surface area contributed by atoms with Crippen molar-refractivity contribution >= 4 is 0 Å². The number of hydrogen-bond acceptors (Lipinski definition) is 2. The molecule has 0 radical (unpaired) electrons. The molecule has 0 aliphatic rings. The summed E-state index contributed by atoms with van der Waals surface area (Å²) in [6, 6.07) is 0. The Morgan fingerprint density at radius 3 is 2.13 bits per heavy atom. The fourth-order valence-corrected chi connectivity index (χ4v) is 1.24. The van der Waals surface area contributed by atoms with Crippen LogP contribution in [0.2, 0.25) is 0 Å². The average Bonchev–Trinajstić information content (AvgIpc) is 2.24. The third-order valence-electron chi connectivity index (χ3n) is 2.01. The van der Waals surface area contributed by atoms with Crippen LogP contribution in [0.5, 0.6) is 0 Å². The van der Waals surface area contributed by atoms with Gasteiger partial charge in [-0.05, 0) is 27.2 Å². The molecule has 2 nitrogen and oxygen atoms in total. The Morgan fingerprint density at radius 1 is 1.13 bits per heavy atom. The summed E-state index contributed by atoms with van der Waals surface area (Å²) in [4.78, 5) is 0. The van der Waals surface area contributed by atoms with Crippen LogP contribution in [0.4, 0.5) is 0 Å². The molecule has 2 heteroatoms. The maximum atomic E-state index is 5.52. The maximum absolute atomic E-state index is 5.52. The van der Waals surface area contributed by atoms with E-state index in [0.29, 0.717) is 13.2 Å². The summed E-state index contributed by atoms with van der Waals surface area (Å²) >= 11 is 0. The fraction of sp³-hybridized carbons (Fsp3) is 0.692. The summed E-state index contributed by atoms with van der Waals surface area (Å²) in [7, 11) is 0. The smallest absolute Gasteiger partial charge is 0.183 e. The molecule has 0 amide bonds. The molecule has 0 unspecified atom stereocenters. The highest BCUT2D eigenvalue weighted by molar-refractivity contribution is 5.20. The van der Waals surface area contributed by atoms with Crippen molar-refractivity contribution in [1.82, 2.24) is 0 Å². The first-order chi connectivity index (χ1) is 7.29. The van der Waals surface area contributed by atoms with Gasteiger partial charge in [0.1, 0.15) is 0 Å². The number of hydrogen-bond donors (Lipinski definition) is 0. The third kappa shape index (κ3) is 6.47. The van der Waals surface area contributed by atoms with Crippen LogP contribution in [0.3, 0.4) is 0 Å². The van der Waals surface area contributed by atoms with Crippen LogP contribution in [0.15, 0.2) is 23.8 Å². The number of ether oxygens (including phenoxy) is 2. The normalized spacial score (nSPS) is 13.0. The summed E-state index contributed by atoms with van der Waals surface area (Å²) in [5.74, 6) is 0. The predicted octanol–water partition coefficient (Wildman–Crippen LogP) is 3.69. The highest BCUT2D eigenvalue weighted by Crippen LogP contribution is 2.11. The van der Waals surface area contributed by atoms with Crippen molar-refractivity contribution in [3.05, 3.63) is 23.8 Å². The fourth-order valence-electron chi connectivity index (χ4n) is 1.24. The molecule has 0 atom stereocenters. The molecule has 88 valence electrons. The summed E-state index contributed by atoms with van der Waals surface area (Å²) in [5.41, 5.74) is 1.10. The maximum Gasteiger partial charge on any atom is 0.183 e. The van der Waals surface area contributed by atoms with Crippen LogP contribution in [-0.4, -0.2) is 19.5 Å². The van der Waals surface area contributed by atoms with Gasteiger partial charge in [-0.3, -0.25) is 0 Å². The van der Waals surface area contributed by atoms with Crippen LogP contribution < -0.4 is 0 Å². The zero-order chi connectivity index (χ0) is 11.5. The van der Waals surface area contributed by atoms with Crippen molar-refractivity contribution < 1.29 is 9.47 Å². The molecule has 0 N–H and O–H groups in total. The first kappa shape index (κ1) is 14.4. The SMILES string of the molecule is CC=C(C=CCCC)C(OCC)OCC. The molecule has 0 fully saturated rings. The average molecular weight is 212 g/mol. The molecule has 0 aliphatic heterocycles. The number of unbranched alkanes of at least 4 members (excludes halogenated alkanes) is 1. The first-order valence-electron chi connectivity index (χ1n) is 5.86. The quantitative estimate of drug-likeness (QED) is 0.451. The highest BCUT2D eigenvalue weighted by atomic mass is 16.7. The van der Waals surface area contributed by atoms with Crippen LogP contribution in [-0.2, 0) is 9.47 Å². The summed E-state index contributed by atoms with van der Waals surface area (Å²) in [6.07, 6.45) is 8.37. The van der Waals surface area contributed by atoms with Gasteiger partial charge < -0.3 is 9.47 Å². The minimum Gasteiger partial charge on any atom is -0.349 e. The van der Waals surface area contributed by atoms with E-state index in [1.54, 1.807) is 0 Å². The molecule has 0 saturated carbocycles.